The predicted molar refractivity (Wildman–Crippen MR) is 74.3 cm³/mol. The van der Waals surface area contributed by atoms with Crippen molar-refractivity contribution in [3.63, 3.8) is 0 Å². The van der Waals surface area contributed by atoms with Gasteiger partial charge in [-0.3, -0.25) is 0 Å². The molecule has 102 valence electrons. The largest absolute Gasteiger partial charge is 0.507 e. The molecular weight excluding hydrogens is 228 g/mol. The summed E-state index contributed by atoms with van der Waals surface area (Å²) in [5.41, 5.74) is 0.913. The summed E-state index contributed by atoms with van der Waals surface area (Å²) in [6.45, 7) is 10.3. The zero-order valence-electron chi connectivity index (χ0n) is 11.9. The van der Waals surface area contributed by atoms with E-state index in [1.807, 2.05) is 13.8 Å². The molecule has 0 aliphatic heterocycles. The highest BCUT2D eigenvalue weighted by atomic mass is 16.4. The molecule has 1 aromatic rings. The van der Waals surface area contributed by atoms with Gasteiger partial charge >= 0.3 is 5.97 Å². The smallest absolute Gasteiger partial charge is 0.339 e. The Balaban J connectivity index is 0.00000137. The van der Waals surface area contributed by atoms with Crippen LogP contribution in [0.3, 0.4) is 0 Å². The molecule has 0 atom stereocenters. The molecule has 0 saturated heterocycles. The number of hydrogen-bond donors (Lipinski definition) is 2. The first kappa shape index (κ1) is 16.5. The van der Waals surface area contributed by atoms with E-state index >= 15 is 0 Å². The molecule has 3 nitrogen and oxygen atoms in total. The topological polar surface area (TPSA) is 57.5 Å². The van der Waals surface area contributed by atoms with Gasteiger partial charge in [-0.25, -0.2) is 4.79 Å². The van der Waals surface area contributed by atoms with Crippen molar-refractivity contribution in [3.8, 4) is 5.75 Å². The zero-order valence-corrected chi connectivity index (χ0v) is 11.9. The van der Waals surface area contributed by atoms with Crippen molar-refractivity contribution in [1.29, 1.82) is 0 Å². The Morgan fingerprint density at radius 1 is 1.22 bits per heavy atom. The van der Waals surface area contributed by atoms with Crippen molar-refractivity contribution in [3.05, 3.63) is 29.3 Å². The zero-order chi connectivity index (χ0) is 14.3. The molecule has 0 fully saturated rings. The lowest BCUT2D eigenvalue weighted by Crippen LogP contribution is -2.20. The fourth-order valence-electron chi connectivity index (χ4n) is 1.74. The Kier molecular flexibility index (Phi) is 6.45. The summed E-state index contributed by atoms with van der Waals surface area (Å²) in [7, 11) is 0. The van der Waals surface area contributed by atoms with Gasteiger partial charge < -0.3 is 10.2 Å². The Labute approximate surface area is 109 Å². The van der Waals surface area contributed by atoms with Crippen LogP contribution in [0.15, 0.2) is 18.2 Å². The standard InChI is InChI=1S/C13H18O3.C2H6/c1-4-13(3,5-2)9-6-7-11(14)10(8-9)12(15)16;1-2/h6-8,14H,4-5H2,1-3H3,(H,15,16);1-2H3. The number of phenols is 1. The molecule has 0 heterocycles. The second-order valence-electron chi connectivity index (χ2n) is 4.30. The van der Waals surface area contributed by atoms with Crippen molar-refractivity contribution >= 4 is 5.97 Å². The summed E-state index contributed by atoms with van der Waals surface area (Å²) in [6, 6.07) is 4.84. The SMILES string of the molecule is CC.CCC(C)(CC)c1ccc(O)c(C(=O)O)c1. The number of hydrogen-bond acceptors (Lipinski definition) is 2. The third kappa shape index (κ3) is 3.49. The lowest BCUT2D eigenvalue weighted by molar-refractivity contribution is 0.0693. The Morgan fingerprint density at radius 3 is 2.11 bits per heavy atom. The fourth-order valence-corrected chi connectivity index (χ4v) is 1.74. The van der Waals surface area contributed by atoms with Gasteiger partial charge in [0, 0.05) is 0 Å². The molecule has 0 radical (unpaired) electrons. The quantitative estimate of drug-likeness (QED) is 0.844. The molecule has 3 heteroatoms. The third-order valence-corrected chi connectivity index (χ3v) is 3.48. The molecule has 1 aromatic carbocycles. The lowest BCUT2D eigenvalue weighted by atomic mass is 9.77. The minimum Gasteiger partial charge on any atom is -0.507 e. The van der Waals surface area contributed by atoms with Gasteiger partial charge in [-0.05, 0) is 36.0 Å². The van der Waals surface area contributed by atoms with Gasteiger partial charge in [0.05, 0.1) is 0 Å². The number of aromatic carboxylic acids is 1. The van der Waals surface area contributed by atoms with E-state index in [0.717, 1.165) is 18.4 Å². The normalized spacial score (nSPS) is 10.5. The van der Waals surface area contributed by atoms with Crippen LogP contribution in [0.4, 0.5) is 0 Å². The number of aromatic hydroxyl groups is 1. The maximum Gasteiger partial charge on any atom is 0.339 e. The molecule has 1 rings (SSSR count). The molecular formula is C15H24O3. The van der Waals surface area contributed by atoms with Crippen LogP contribution in [0, 0.1) is 0 Å². The lowest BCUT2D eigenvalue weighted by Gasteiger charge is -2.27. The molecule has 2 N–H and O–H groups in total. The van der Waals surface area contributed by atoms with Crippen LogP contribution in [0.1, 0.15) is 63.4 Å². The van der Waals surface area contributed by atoms with Crippen LogP contribution in [-0.2, 0) is 5.41 Å². The van der Waals surface area contributed by atoms with Crippen LogP contribution in [0.2, 0.25) is 0 Å². The number of carboxylic acids is 1. The Bertz CT molecular complexity index is 393. The average molecular weight is 252 g/mol. The summed E-state index contributed by atoms with van der Waals surface area (Å²) in [4.78, 5) is 10.9. The molecule has 0 bridgehead atoms. The Morgan fingerprint density at radius 2 is 1.72 bits per heavy atom. The molecule has 0 spiro atoms. The van der Waals surface area contributed by atoms with E-state index < -0.39 is 5.97 Å². The molecule has 0 aromatic heterocycles. The van der Waals surface area contributed by atoms with Crippen molar-refractivity contribution in [1.82, 2.24) is 0 Å². The van der Waals surface area contributed by atoms with Gasteiger partial charge in [-0.1, -0.05) is 40.7 Å². The molecule has 0 aliphatic carbocycles. The van der Waals surface area contributed by atoms with Gasteiger partial charge in [0.1, 0.15) is 11.3 Å². The first-order chi connectivity index (χ1) is 8.44. The van der Waals surface area contributed by atoms with Gasteiger partial charge in [0.25, 0.3) is 0 Å². The van der Waals surface area contributed by atoms with Crippen molar-refractivity contribution in [2.24, 2.45) is 0 Å². The van der Waals surface area contributed by atoms with Crippen LogP contribution in [-0.4, -0.2) is 16.2 Å². The van der Waals surface area contributed by atoms with Crippen LogP contribution >= 0.6 is 0 Å². The van der Waals surface area contributed by atoms with E-state index in [2.05, 4.69) is 20.8 Å². The highest BCUT2D eigenvalue weighted by Crippen LogP contribution is 2.33. The summed E-state index contributed by atoms with van der Waals surface area (Å²) < 4.78 is 0. The van der Waals surface area contributed by atoms with E-state index in [1.165, 1.54) is 6.07 Å². The Hall–Kier alpha value is -1.51. The van der Waals surface area contributed by atoms with E-state index in [4.69, 9.17) is 5.11 Å². The van der Waals surface area contributed by atoms with Gasteiger partial charge in [0.2, 0.25) is 0 Å². The number of rotatable bonds is 4. The van der Waals surface area contributed by atoms with E-state index in [9.17, 15) is 9.90 Å². The highest BCUT2D eigenvalue weighted by Gasteiger charge is 2.24. The van der Waals surface area contributed by atoms with Crippen LogP contribution < -0.4 is 0 Å². The van der Waals surface area contributed by atoms with Gasteiger partial charge in [-0.15, -0.1) is 0 Å². The first-order valence-electron chi connectivity index (χ1n) is 6.51. The summed E-state index contributed by atoms with van der Waals surface area (Å²) in [5, 5.41) is 18.4. The highest BCUT2D eigenvalue weighted by molar-refractivity contribution is 5.91. The first-order valence-corrected chi connectivity index (χ1v) is 6.51. The second-order valence-corrected chi connectivity index (χ2v) is 4.30. The van der Waals surface area contributed by atoms with Gasteiger partial charge in [0.15, 0.2) is 0 Å². The maximum absolute atomic E-state index is 10.9. The summed E-state index contributed by atoms with van der Waals surface area (Å²) >= 11 is 0. The number of carbonyl (C=O) groups is 1. The van der Waals surface area contributed by atoms with Crippen molar-refractivity contribution in [2.75, 3.05) is 0 Å². The molecule has 18 heavy (non-hydrogen) atoms. The monoisotopic (exact) mass is 252 g/mol. The average Bonchev–Trinajstić information content (AvgIpc) is 2.40. The molecule has 0 saturated carbocycles. The number of benzene rings is 1. The third-order valence-electron chi connectivity index (χ3n) is 3.48. The molecule has 0 aliphatic rings. The minimum absolute atomic E-state index is 0.0226. The molecule has 0 unspecified atom stereocenters. The van der Waals surface area contributed by atoms with Gasteiger partial charge in [-0.2, -0.15) is 0 Å². The van der Waals surface area contributed by atoms with Crippen LogP contribution in [0.5, 0.6) is 5.75 Å². The van der Waals surface area contributed by atoms with Crippen molar-refractivity contribution < 1.29 is 15.0 Å². The summed E-state index contributed by atoms with van der Waals surface area (Å²) in [5.74, 6) is -1.26. The number of carboxylic acid groups (broad SMARTS) is 1. The molecule has 0 amide bonds. The summed E-state index contributed by atoms with van der Waals surface area (Å²) in [6.07, 6.45) is 1.88. The van der Waals surface area contributed by atoms with E-state index in [0.29, 0.717) is 0 Å². The fraction of sp³-hybridized carbons (Fsp3) is 0.533. The van der Waals surface area contributed by atoms with E-state index in [-0.39, 0.29) is 16.7 Å². The predicted octanol–water partition coefficient (Wildman–Crippen LogP) is 4.19. The van der Waals surface area contributed by atoms with Crippen LogP contribution in [0.25, 0.3) is 0 Å². The minimum atomic E-state index is -1.09. The maximum atomic E-state index is 10.9. The second kappa shape index (κ2) is 7.04. The van der Waals surface area contributed by atoms with E-state index in [1.54, 1.807) is 12.1 Å². The van der Waals surface area contributed by atoms with Crippen molar-refractivity contribution in [2.45, 2.75) is 52.9 Å².